The van der Waals surface area contributed by atoms with Crippen LogP contribution in [0.5, 0.6) is 0 Å². The number of carbonyl (C=O) groups excluding carboxylic acids is 3. The SMILES string of the molecule is NCCN(CCN)C(=O)C[C@H](N)C(=O)N[C@@H](CCc1ccccc1)C(=O)NCc1ccc(S(=O)O)cc1. The molecule has 11 nitrogen and oxygen atoms in total. The van der Waals surface area contributed by atoms with Gasteiger partial charge in [-0.1, -0.05) is 42.5 Å². The van der Waals surface area contributed by atoms with E-state index in [1.807, 2.05) is 30.3 Å². The minimum absolute atomic E-state index is 0.159. The van der Waals surface area contributed by atoms with Gasteiger partial charge in [-0.15, -0.1) is 0 Å². The fourth-order valence-corrected chi connectivity index (χ4v) is 3.99. The quantitative estimate of drug-likeness (QED) is 0.165. The summed E-state index contributed by atoms with van der Waals surface area (Å²) < 4.78 is 20.3. The van der Waals surface area contributed by atoms with E-state index < -0.39 is 35.0 Å². The molecular weight excluding hydrogens is 496 g/mol. The Hall–Kier alpha value is -3.16. The van der Waals surface area contributed by atoms with Gasteiger partial charge in [0.15, 0.2) is 11.1 Å². The summed E-state index contributed by atoms with van der Waals surface area (Å²) in [7, 11) is 0. The lowest BCUT2D eigenvalue weighted by Crippen LogP contribution is -2.53. The number of aryl methyl sites for hydroxylation is 1. The summed E-state index contributed by atoms with van der Waals surface area (Å²) in [6, 6.07) is 13.8. The summed E-state index contributed by atoms with van der Waals surface area (Å²) in [5, 5.41) is 5.47. The first kappa shape index (κ1) is 30.1. The minimum atomic E-state index is -2.09. The van der Waals surface area contributed by atoms with Crippen molar-refractivity contribution in [3.63, 3.8) is 0 Å². The number of rotatable bonds is 15. The van der Waals surface area contributed by atoms with Gasteiger partial charge in [0.05, 0.1) is 17.4 Å². The summed E-state index contributed by atoms with van der Waals surface area (Å²) in [5.74, 6) is -1.36. The Balaban J connectivity index is 2.04. The van der Waals surface area contributed by atoms with E-state index in [1.165, 1.54) is 17.0 Å². The van der Waals surface area contributed by atoms with Crippen LogP contribution in [0.2, 0.25) is 0 Å². The van der Waals surface area contributed by atoms with Crippen molar-refractivity contribution in [3.05, 3.63) is 65.7 Å². The summed E-state index contributed by atoms with van der Waals surface area (Å²) >= 11 is -2.09. The van der Waals surface area contributed by atoms with Crippen LogP contribution in [0.1, 0.15) is 24.0 Å². The van der Waals surface area contributed by atoms with E-state index in [1.54, 1.807) is 12.1 Å². The second kappa shape index (κ2) is 15.8. The highest BCUT2D eigenvalue weighted by Crippen LogP contribution is 2.09. The first-order valence-corrected chi connectivity index (χ1v) is 13.1. The van der Waals surface area contributed by atoms with Crippen molar-refractivity contribution in [1.82, 2.24) is 15.5 Å². The predicted molar refractivity (Wildman–Crippen MR) is 141 cm³/mol. The van der Waals surface area contributed by atoms with Gasteiger partial charge in [-0.3, -0.25) is 14.4 Å². The number of hydrogen-bond donors (Lipinski definition) is 6. The molecule has 0 heterocycles. The Kier molecular flexibility index (Phi) is 12.9. The van der Waals surface area contributed by atoms with Gasteiger partial charge in [0.25, 0.3) is 0 Å². The molecule has 2 aromatic rings. The molecule has 0 spiro atoms. The predicted octanol–water partition coefficient (Wildman–Crippen LogP) is -0.536. The van der Waals surface area contributed by atoms with Gasteiger partial charge < -0.3 is 37.3 Å². The standard InChI is InChI=1S/C25H36N6O5S/c26-12-14-31(15-13-27)23(32)16-21(28)24(33)30-22(11-8-18-4-2-1-3-5-18)25(34)29-17-19-6-9-20(10-7-19)37(35)36/h1-7,9-10,21-22H,8,11-17,26-28H2,(H,29,34)(H,30,33)(H,35,36)/t21-,22-/m0/s1. The van der Waals surface area contributed by atoms with Crippen molar-refractivity contribution in [2.24, 2.45) is 17.2 Å². The molecule has 0 aliphatic carbocycles. The number of nitrogens with one attached hydrogen (secondary N) is 2. The first-order valence-electron chi connectivity index (χ1n) is 12.0. The van der Waals surface area contributed by atoms with E-state index in [2.05, 4.69) is 10.6 Å². The molecule has 0 aliphatic heterocycles. The normalized spacial score (nSPS) is 13.3. The molecule has 37 heavy (non-hydrogen) atoms. The Morgan fingerprint density at radius 3 is 2.11 bits per heavy atom. The fraction of sp³-hybridized carbons (Fsp3) is 0.400. The van der Waals surface area contributed by atoms with Gasteiger partial charge in [0.2, 0.25) is 17.7 Å². The molecule has 0 fully saturated rings. The van der Waals surface area contributed by atoms with E-state index in [0.717, 1.165) is 11.1 Å². The zero-order chi connectivity index (χ0) is 27.2. The van der Waals surface area contributed by atoms with E-state index >= 15 is 0 Å². The van der Waals surface area contributed by atoms with E-state index in [9.17, 15) is 18.6 Å². The topological polar surface area (TPSA) is 194 Å². The number of benzene rings is 2. The van der Waals surface area contributed by atoms with Crippen molar-refractivity contribution >= 4 is 28.8 Å². The van der Waals surface area contributed by atoms with Crippen LogP contribution in [0, 0.1) is 0 Å². The zero-order valence-electron chi connectivity index (χ0n) is 20.7. The second-order valence-corrected chi connectivity index (χ2v) is 9.43. The third-order valence-electron chi connectivity index (χ3n) is 5.67. The molecule has 0 aromatic heterocycles. The maximum atomic E-state index is 13.0. The number of amides is 3. The maximum Gasteiger partial charge on any atom is 0.242 e. The first-order chi connectivity index (χ1) is 17.7. The maximum absolute atomic E-state index is 13.0. The van der Waals surface area contributed by atoms with Gasteiger partial charge in [0.1, 0.15) is 6.04 Å². The zero-order valence-corrected chi connectivity index (χ0v) is 21.5. The summed E-state index contributed by atoms with van der Waals surface area (Å²) in [4.78, 5) is 40.1. The Labute approximate surface area is 219 Å². The third-order valence-corrected chi connectivity index (χ3v) is 6.35. The largest absolute Gasteiger partial charge is 0.350 e. The molecule has 0 aliphatic rings. The molecule has 0 radical (unpaired) electrons. The average molecular weight is 533 g/mol. The highest BCUT2D eigenvalue weighted by Gasteiger charge is 2.26. The second-order valence-electron chi connectivity index (χ2n) is 8.47. The Bertz CT molecular complexity index is 1030. The van der Waals surface area contributed by atoms with Gasteiger partial charge in [-0.05, 0) is 36.1 Å². The number of carbonyl (C=O) groups is 3. The number of nitrogens with two attached hydrogens (primary N) is 3. The molecule has 3 atom stereocenters. The van der Waals surface area contributed by atoms with Gasteiger partial charge in [-0.2, -0.15) is 0 Å². The molecule has 3 amide bonds. The molecule has 12 heteroatoms. The molecular formula is C25H36N6O5S. The molecule has 0 saturated heterocycles. The van der Waals surface area contributed by atoms with Crippen LogP contribution >= 0.6 is 0 Å². The Morgan fingerprint density at radius 1 is 0.919 bits per heavy atom. The number of nitrogens with zero attached hydrogens (tertiary/aromatic N) is 1. The number of hydrogen-bond acceptors (Lipinski definition) is 7. The van der Waals surface area contributed by atoms with Crippen LogP contribution in [-0.4, -0.2) is 69.6 Å². The van der Waals surface area contributed by atoms with Gasteiger partial charge >= 0.3 is 0 Å². The molecule has 202 valence electrons. The van der Waals surface area contributed by atoms with Crippen LogP contribution in [0.15, 0.2) is 59.5 Å². The van der Waals surface area contributed by atoms with Crippen molar-refractivity contribution in [2.75, 3.05) is 26.2 Å². The van der Waals surface area contributed by atoms with Crippen molar-refractivity contribution in [3.8, 4) is 0 Å². The smallest absolute Gasteiger partial charge is 0.242 e. The van der Waals surface area contributed by atoms with Crippen LogP contribution < -0.4 is 27.8 Å². The van der Waals surface area contributed by atoms with E-state index in [4.69, 9.17) is 21.8 Å². The molecule has 0 bridgehead atoms. The fourth-order valence-electron chi connectivity index (χ4n) is 3.62. The lowest BCUT2D eigenvalue weighted by Gasteiger charge is -2.24. The minimum Gasteiger partial charge on any atom is -0.350 e. The van der Waals surface area contributed by atoms with E-state index in [0.29, 0.717) is 25.9 Å². The van der Waals surface area contributed by atoms with Crippen LogP contribution in [-0.2, 0) is 38.4 Å². The van der Waals surface area contributed by atoms with Crippen molar-refractivity contribution in [1.29, 1.82) is 0 Å². The average Bonchev–Trinajstić information content (AvgIpc) is 2.90. The summed E-state index contributed by atoms with van der Waals surface area (Å²) in [6.07, 6.45) is 0.611. The highest BCUT2D eigenvalue weighted by molar-refractivity contribution is 7.79. The van der Waals surface area contributed by atoms with Gasteiger partial charge in [-0.25, -0.2) is 4.21 Å². The van der Waals surface area contributed by atoms with E-state index in [-0.39, 0.29) is 36.9 Å². The summed E-state index contributed by atoms with van der Waals surface area (Å²) in [6.45, 7) is 1.29. The highest BCUT2D eigenvalue weighted by atomic mass is 32.2. The van der Waals surface area contributed by atoms with Crippen LogP contribution in [0.3, 0.4) is 0 Å². The Morgan fingerprint density at radius 2 is 1.54 bits per heavy atom. The molecule has 1 unspecified atom stereocenters. The molecule has 0 saturated carbocycles. The molecule has 2 rings (SSSR count). The third kappa shape index (κ3) is 10.4. The van der Waals surface area contributed by atoms with Crippen molar-refractivity contribution < 1.29 is 23.1 Å². The summed E-state index contributed by atoms with van der Waals surface area (Å²) in [5.41, 5.74) is 18.8. The molecule has 9 N–H and O–H groups in total. The van der Waals surface area contributed by atoms with Crippen molar-refractivity contribution in [2.45, 2.75) is 42.8 Å². The lowest BCUT2D eigenvalue weighted by atomic mass is 10.0. The monoisotopic (exact) mass is 532 g/mol. The molecule has 2 aromatic carbocycles. The van der Waals surface area contributed by atoms with Gasteiger partial charge in [0, 0.05) is 32.7 Å². The van der Waals surface area contributed by atoms with Crippen LogP contribution in [0.25, 0.3) is 0 Å². The lowest BCUT2D eigenvalue weighted by molar-refractivity contribution is -0.135. The van der Waals surface area contributed by atoms with Crippen LogP contribution in [0.4, 0.5) is 0 Å².